The fraction of sp³-hybridized carbons (Fsp3) is 0.0769. The Labute approximate surface area is 103 Å². The molecule has 0 radical (unpaired) electrons. The molecule has 0 amide bonds. The quantitative estimate of drug-likeness (QED) is 0.747. The maximum absolute atomic E-state index is 12.9. The first kappa shape index (κ1) is 10.9. The van der Waals surface area contributed by atoms with Crippen LogP contribution in [0.2, 0.25) is 0 Å². The summed E-state index contributed by atoms with van der Waals surface area (Å²) in [6.45, 7) is 0.338. The van der Waals surface area contributed by atoms with Crippen molar-refractivity contribution in [3.8, 4) is 11.3 Å². The van der Waals surface area contributed by atoms with Gasteiger partial charge in [-0.15, -0.1) is 0 Å². The van der Waals surface area contributed by atoms with Crippen LogP contribution in [0.4, 0.5) is 4.39 Å². The van der Waals surface area contributed by atoms with E-state index in [4.69, 9.17) is 5.73 Å². The molecule has 0 atom stereocenters. The fourth-order valence-corrected chi connectivity index (χ4v) is 1.95. The molecule has 0 saturated carbocycles. The average molecular weight is 242 g/mol. The van der Waals surface area contributed by atoms with Crippen molar-refractivity contribution >= 4 is 5.65 Å². The van der Waals surface area contributed by atoms with E-state index in [-0.39, 0.29) is 5.82 Å². The van der Waals surface area contributed by atoms with Crippen LogP contribution in [0.25, 0.3) is 16.9 Å². The molecule has 0 aliphatic rings. The molecular weight excluding hydrogens is 231 g/mol. The van der Waals surface area contributed by atoms with Crippen LogP contribution in [-0.2, 0) is 6.54 Å². The van der Waals surface area contributed by atoms with E-state index in [2.05, 4.69) is 9.97 Å². The molecular formula is C13H11FN4. The summed E-state index contributed by atoms with van der Waals surface area (Å²) in [5.74, 6) is -0.257. The van der Waals surface area contributed by atoms with Gasteiger partial charge in [-0.25, -0.2) is 9.37 Å². The lowest BCUT2D eigenvalue weighted by Crippen LogP contribution is -2.04. The number of nitrogens with zero attached hydrogens (tertiary/aromatic N) is 3. The van der Waals surface area contributed by atoms with E-state index >= 15 is 0 Å². The molecule has 0 aliphatic carbocycles. The summed E-state index contributed by atoms with van der Waals surface area (Å²) >= 11 is 0. The maximum atomic E-state index is 12.9. The lowest BCUT2D eigenvalue weighted by molar-refractivity contribution is 0.628. The molecule has 2 N–H and O–H groups in total. The first-order valence-electron chi connectivity index (χ1n) is 5.56. The highest BCUT2D eigenvalue weighted by Gasteiger charge is 2.08. The standard InChI is InChI=1S/C13H11FN4/c14-10-3-1-9(2-4-10)12-8-17-11(7-15)13-16-5-6-18(12)13/h1-6,8H,7,15H2. The van der Waals surface area contributed by atoms with Gasteiger partial charge in [-0.05, 0) is 24.3 Å². The Kier molecular flexibility index (Phi) is 2.53. The summed E-state index contributed by atoms with van der Waals surface area (Å²) in [5.41, 5.74) is 8.84. The highest BCUT2D eigenvalue weighted by Crippen LogP contribution is 2.21. The number of fused-ring (bicyclic) bond motifs is 1. The van der Waals surface area contributed by atoms with Crippen LogP contribution in [0, 0.1) is 5.82 Å². The molecule has 0 fully saturated rings. The maximum Gasteiger partial charge on any atom is 0.160 e. The van der Waals surface area contributed by atoms with Crippen LogP contribution in [0.5, 0.6) is 0 Å². The van der Waals surface area contributed by atoms with Crippen molar-refractivity contribution in [1.29, 1.82) is 0 Å². The van der Waals surface area contributed by atoms with E-state index in [0.717, 1.165) is 22.6 Å². The van der Waals surface area contributed by atoms with Gasteiger partial charge in [-0.2, -0.15) is 0 Å². The second-order valence-electron chi connectivity index (χ2n) is 3.92. The zero-order chi connectivity index (χ0) is 12.5. The minimum Gasteiger partial charge on any atom is -0.325 e. The molecule has 0 saturated heterocycles. The number of imidazole rings is 1. The number of nitrogens with two attached hydrogens (primary N) is 1. The molecule has 2 aromatic heterocycles. The van der Waals surface area contributed by atoms with Crippen molar-refractivity contribution in [2.75, 3.05) is 0 Å². The zero-order valence-electron chi connectivity index (χ0n) is 9.55. The fourth-order valence-electron chi connectivity index (χ4n) is 1.95. The average Bonchev–Trinajstić information content (AvgIpc) is 2.88. The summed E-state index contributed by atoms with van der Waals surface area (Å²) < 4.78 is 14.8. The van der Waals surface area contributed by atoms with Crippen LogP contribution >= 0.6 is 0 Å². The lowest BCUT2D eigenvalue weighted by Gasteiger charge is -2.07. The van der Waals surface area contributed by atoms with Crippen molar-refractivity contribution in [1.82, 2.24) is 14.4 Å². The lowest BCUT2D eigenvalue weighted by atomic mass is 10.1. The molecule has 5 heteroatoms. The molecule has 3 aromatic rings. The van der Waals surface area contributed by atoms with Crippen molar-refractivity contribution in [2.24, 2.45) is 5.73 Å². The van der Waals surface area contributed by atoms with Gasteiger partial charge >= 0.3 is 0 Å². The Bertz CT molecular complexity index is 688. The highest BCUT2D eigenvalue weighted by atomic mass is 19.1. The summed E-state index contributed by atoms with van der Waals surface area (Å²) in [6, 6.07) is 6.28. The first-order chi connectivity index (χ1) is 8.79. The molecule has 90 valence electrons. The van der Waals surface area contributed by atoms with E-state index in [0.29, 0.717) is 6.54 Å². The zero-order valence-corrected chi connectivity index (χ0v) is 9.55. The molecule has 0 spiro atoms. The molecule has 4 nitrogen and oxygen atoms in total. The van der Waals surface area contributed by atoms with Crippen LogP contribution in [0.15, 0.2) is 42.9 Å². The van der Waals surface area contributed by atoms with Crippen molar-refractivity contribution in [2.45, 2.75) is 6.54 Å². The minimum atomic E-state index is -0.257. The second kappa shape index (κ2) is 4.19. The van der Waals surface area contributed by atoms with E-state index < -0.39 is 0 Å². The smallest absolute Gasteiger partial charge is 0.160 e. The van der Waals surface area contributed by atoms with Crippen molar-refractivity contribution in [3.05, 3.63) is 54.4 Å². The van der Waals surface area contributed by atoms with E-state index in [1.807, 2.05) is 10.6 Å². The Morgan fingerprint density at radius 1 is 1.17 bits per heavy atom. The normalized spacial score (nSPS) is 11.0. The monoisotopic (exact) mass is 242 g/mol. The highest BCUT2D eigenvalue weighted by molar-refractivity contribution is 5.63. The van der Waals surface area contributed by atoms with Crippen LogP contribution in [0.1, 0.15) is 5.69 Å². The van der Waals surface area contributed by atoms with Crippen LogP contribution in [-0.4, -0.2) is 14.4 Å². The van der Waals surface area contributed by atoms with Gasteiger partial charge in [-0.3, -0.25) is 9.38 Å². The van der Waals surface area contributed by atoms with E-state index in [9.17, 15) is 4.39 Å². The Balaban J connectivity index is 2.24. The van der Waals surface area contributed by atoms with Gasteiger partial charge in [0.15, 0.2) is 5.65 Å². The summed E-state index contributed by atoms with van der Waals surface area (Å²) in [7, 11) is 0. The third kappa shape index (κ3) is 1.65. The molecule has 2 heterocycles. The molecule has 0 bridgehead atoms. The Morgan fingerprint density at radius 3 is 2.67 bits per heavy atom. The number of hydrogen-bond acceptors (Lipinski definition) is 3. The van der Waals surface area contributed by atoms with Gasteiger partial charge in [0.25, 0.3) is 0 Å². The van der Waals surface area contributed by atoms with Crippen LogP contribution < -0.4 is 5.73 Å². The predicted molar refractivity (Wildman–Crippen MR) is 66.3 cm³/mol. The third-order valence-corrected chi connectivity index (χ3v) is 2.83. The second-order valence-corrected chi connectivity index (χ2v) is 3.92. The number of benzene rings is 1. The topological polar surface area (TPSA) is 56.2 Å². The minimum absolute atomic E-state index is 0.257. The molecule has 1 aromatic carbocycles. The summed E-state index contributed by atoms with van der Waals surface area (Å²) in [5, 5.41) is 0. The summed E-state index contributed by atoms with van der Waals surface area (Å²) in [4.78, 5) is 8.53. The van der Waals surface area contributed by atoms with E-state index in [1.54, 1.807) is 24.5 Å². The first-order valence-corrected chi connectivity index (χ1v) is 5.56. The SMILES string of the molecule is NCc1ncc(-c2ccc(F)cc2)n2ccnc12. The largest absolute Gasteiger partial charge is 0.325 e. The summed E-state index contributed by atoms with van der Waals surface area (Å²) in [6.07, 6.45) is 5.27. The van der Waals surface area contributed by atoms with Gasteiger partial charge in [-0.1, -0.05) is 0 Å². The van der Waals surface area contributed by atoms with Gasteiger partial charge in [0.1, 0.15) is 5.82 Å². The van der Waals surface area contributed by atoms with Crippen molar-refractivity contribution < 1.29 is 4.39 Å². The molecule has 3 rings (SSSR count). The predicted octanol–water partition coefficient (Wildman–Crippen LogP) is 1.99. The number of hydrogen-bond donors (Lipinski definition) is 1. The number of rotatable bonds is 2. The van der Waals surface area contributed by atoms with E-state index in [1.165, 1.54) is 12.1 Å². The Morgan fingerprint density at radius 2 is 1.94 bits per heavy atom. The number of aromatic nitrogens is 3. The van der Waals surface area contributed by atoms with Crippen molar-refractivity contribution in [3.63, 3.8) is 0 Å². The Hall–Kier alpha value is -2.27. The van der Waals surface area contributed by atoms with Gasteiger partial charge in [0, 0.05) is 24.5 Å². The van der Waals surface area contributed by atoms with Crippen LogP contribution in [0.3, 0.4) is 0 Å². The molecule has 0 unspecified atom stereocenters. The molecule has 18 heavy (non-hydrogen) atoms. The van der Waals surface area contributed by atoms with Gasteiger partial charge in [0.2, 0.25) is 0 Å². The number of halogens is 1. The molecule has 0 aliphatic heterocycles. The third-order valence-electron chi connectivity index (χ3n) is 2.83. The van der Waals surface area contributed by atoms with Gasteiger partial charge in [0.05, 0.1) is 17.6 Å². The van der Waals surface area contributed by atoms with Gasteiger partial charge < -0.3 is 5.73 Å².